The van der Waals surface area contributed by atoms with Crippen LogP contribution < -0.4 is 15.4 Å². The first-order valence-corrected chi connectivity index (χ1v) is 9.55. The van der Waals surface area contributed by atoms with Gasteiger partial charge in [-0.15, -0.1) is 0 Å². The van der Waals surface area contributed by atoms with Crippen molar-refractivity contribution in [2.45, 2.75) is 32.7 Å². The molecule has 1 fully saturated rings. The zero-order valence-corrected chi connectivity index (χ0v) is 16.4. The van der Waals surface area contributed by atoms with Crippen LogP contribution in [0, 0.1) is 6.92 Å². The zero-order chi connectivity index (χ0) is 19.0. The van der Waals surface area contributed by atoms with Crippen LogP contribution in [-0.2, 0) is 0 Å². The van der Waals surface area contributed by atoms with E-state index in [1.165, 1.54) is 11.9 Å². The van der Waals surface area contributed by atoms with Crippen LogP contribution in [-0.4, -0.2) is 39.6 Å². The summed E-state index contributed by atoms with van der Waals surface area (Å²) in [6, 6.07) is 1.93. The Hall–Kier alpha value is -2.38. The minimum Gasteiger partial charge on any atom is -0.493 e. The van der Waals surface area contributed by atoms with E-state index in [-0.39, 0.29) is 6.04 Å². The maximum absolute atomic E-state index is 6.59. The second-order valence-electron chi connectivity index (χ2n) is 6.79. The van der Waals surface area contributed by atoms with Crippen LogP contribution in [0.15, 0.2) is 18.7 Å². The second kappa shape index (κ2) is 7.32. The van der Waals surface area contributed by atoms with Crippen LogP contribution in [0.1, 0.15) is 42.5 Å². The topological polar surface area (TPSA) is 87.8 Å². The fourth-order valence-corrected chi connectivity index (χ4v) is 3.75. The monoisotopic (exact) mass is 386 g/mol. The first-order chi connectivity index (χ1) is 13.1. The first-order valence-electron chi connectivity index (χ1n) is 9.17. The lowest BCUT2D eigenvalue weighted by Crippen LogP contribution is -2.40. The van der Waals surface area contributed by atoms with E-state index >= 15 is 0 Å². The Kier molecular flexibility index (Phi) is 4.88. The lowest BCUT2D eigenvalue weighted by atomic mass is 9.86. The maximum Gasteiger partial charge on any atom is 0.162 e. The van der Waals surface area contributed by atoms with Gasteiger partial charge in [0.25, 0.3) is 0 Å². The van der Waals surface area contributed by atoms with Crippen LogP contribution >= 0.6 is 11.6 Å². The number of halogens is 1. The Morgan fingerprint density at radius 1 is 1.33 bits per heavy atom. The quantitative estimate of drug-likeness (QED) is 0.600. The van der Waals surface area contributed by atoms with Crippen LogP contribution in [0.2, 0.25) is 5.02 Å². The molecule has 1 aliphatic rings. The summed E-state index contributed by atoms with van der Waals surface area (Å²) in [5.41, 5.74) is 4.74. The molecule has 2 aromatic heterocycles. The zero-order valence-electron chi connectivity index (χ0n) is 15.6. The van der Waals surface area contributed by atoms with Gasteiger partial charge < -0.3 is 20.4 Å². The van der Waals surface area contributed by atoms with Gasteiger partial charge in [0, 0.05) is 35.2 Å². The Labute approximate surface area is 162 Å². The lowest BCUT2D eigenvalue weighted by molar-refractivity contribution is 0.321. The molecule has 0 radical (unpaired) electrons. The van der Waals surface area contributed by atoms with Crippen molar-refractivity contribution < 1.29 is 4.74 Å². The average molecular weight is 387 g/mol. The van der Waals surface area contributed by atoms with Gasteiger partial charge in [0.1, 0.15) is 17.6 Å². The first kappa shape index (κ1) is 18.0. The highest BCUT2D eigenvalue weighted by Gasteiger charge is 2.29. The molecular formula is C19H23ClN6O. The number of anilines is 1. The molecule has 1 aliphatic heterocycles. The number of hydrogen-bond donors (Lipinski definition) is 3. The molecule has 1 aromatic carbocycles. The summed E-state index contributed by atoms with van der Waals surface area (Å²) >= 11 is 6.59. The van der Waals surface area contributed by atoms with Crippen LogP contribution in [0.5, 0.6) is 5.75 Å². The molecule has 1 atom stereocenters. The maximum atomic E-state index is 6.59. The fourth-order valence-electron chi connectivity index (χ4n) is 3.53. The number of nitrogens with zero attached hydrogens (tertiary/aromatic N) is 3. The number of rotatable bonds is 6. The van der Waals surface area contributed by atoms with Crippen LogP contribution in [0.4, 0.5) is 5.82 Å². The molecule has 142 valence electrons. The van der Waals surface area contributed by atoms with Gasteiger partial charge in [-0.1, -0.05) is 11.6 Å². The van der Waals surface area contributed by atoms with Crippen LogP contribution in [0.3, 0.4) is 0 Å². The average Bonchev–Trinajstić information content (AvgIpc) is 3.09. The highest BCUT2D eigenvalue weighted by molar-refractivity contribution is 6.31. The van der Waals surface area contributed by atoms with E-state index in [1.807, 2.05) is 13.0 Å². The molecule has 27 heavy (non-hydrogen) atoms. The van der Waals surface area contributed by atoms with E-state index in [0.717, 1.165) is 35.0 Å². The van der Waals surface area contributed by atoms with Gasteiger partial charge in [-0.2, -0.15) is 0 Å². The summed E-state index contributed by atoms with van der Waals surface area (Å²) in [5.74, 6) is 2.03. The standard InChI is InChI=1S/C19H23ClN6O/c1-4-27-17-13(5-14(20)10(2)15(17)12-6-21-7-12)11(3)26-19-16-18(23-8-22-16)24-9-25-19/h5,8-9,11-12,21H,4,6-7H2,1-3H3,(H2,22,23,24,25,26). The summed E-state index contributed by atoms with van der Waals surface area (Å²) < 4.78 is 6.11. The van der Waals surface area contributed by atoms with Crippen molar-refractivity contribution in [1.82, 2.24) is 25.3 Å². The van der Waals surface area contributed by atoms with Gasteiger partial charge in [-0.3, -0.25) is 0 Å². The van der Waals surface area contributed by atoms with Gasteiger partial charge in [0.15, 0.2) is 11.5 Å². The van der Waals surface area contributed by atoms with Gasteiger partial charge >= 0.3 is 0 Å². The Balaban J connectivity index is 1.75. The molecule has 1 saturated heterocycles. The summed E-state index contributed by atoms with van der Waals surface area (Å²) in [6.07, 6.45) is 3.14. The summed E-state index contributed by atoms with van der Waals surface area (Å²) in [5, 5.41) is 7.55. The third kappa shape index (κ3) is 3.21. The molecule has 4 rings (SSSR count). The number of benzene rings is 1. The summed E-state index contributed by atoms with van der Waals surface area (Å²) in [4.78, 5) is 15.9. The molecule has 7 nitrogen and oxygen atoms in total. The third-order valence-electron chi connectivity index (χ3n) is 5.07. The molecule has 0 spiro atoms. The van der Waals surface area contributed by atoms with E-state index in [9.17, 15) is 0 Å². The van der Waals surface area contributed by atoms with E-state index < -0.39 is 0 Å². The van der Waals surface area contributed by atoms with E-state index in [1.54, 1.807) is 6.33 Å². The summed E-state index contributed by atoms with van der Waals surface area (Å²) in [7, 11) is 0. The van der Waals surface area contributed by atoms with Crippen LogP contribution in [0.25, 0.3) is 11.2 Å². The van der Waals surface area contributed by atoms with Gasteiger partial charge in [0.2, 0.25) is 0 Å². The van der Waals surface area contributed by atoms with Crippen molar-refractivity contribution >= 4 is 28.6 Å². The number of fused-ring (bicyclic) bond motifs is 1. The van der Waals surface area contributed by atoms with E-state index in [4.69, 9.17) is 16.3 Å². The summed E-state index contributed by atoms with van der Waals surface area (Å²) in [6.45, 7) is 8.65. The van der Waals surface area contributed by atoms with Gasteiger partial charge in [0.05, 0.1) is 19.0 Å². The van der Waals surface area contributed by atoms with Crippen molar-refractivity contribution in [3.8, 4) is 5.75 Å². The number of ether oxygens (including phenoxy) is 1. The predicted molar refractivity (Wildman–Crippen MR) is 107 cm³/mol. The minimum absolute atomic E-state index is 0.0637. The molecule has 8 heteroatoms. The smallest absolute Gasteiger partial charge is 0.162 e. The Bertz CT molecular complexity index is 968. The number of imidazole rings is 1. The number of hydrogen-bond acceptors (Lipinski definition) is 6. The van der Waals surface area contributed by atoms with Crippen molar-refractivity contribution in [3.05, 3.63) is 40.4 Å². The highest BCUT2D eigenvalue weighted by Crippen LogP contribution is 2.42. The largest absolute Gasteiger partial charge is 0.493 e. The van der Waals surface area contributed by atoms with Crippen molar-refractivity contribution in [1.29, 1.82) is 0 Å². The minimum atomic E-state index is -0.0637. The second-order valence-corrected chi connectivity index (χ2v) is 7.20. The molecule has 3 N–H and O–H groups in total. The molecule has 3 aromatic rings. The number of aromatic nitrogens is 4. The number of H-pyrrole nitrogens is 1. The van der Waals surface area contributed by atoms with E-state index in [2.05, 4.69) is 44.4 Å². The number of nitrogens with one attached hydrogen (secondary N) is 3. The molecule has 0 bridgehead atoms. The highest BCUT2D eigenvalue weighted by atomic mass is 35.5. The van der Waals surface area contributed by atoms with Crippen molar-refractivity contribution in [2.24, 2.45) is 0 Å². The molecule has 3 heterocycles. The van der Waals surface area contributed by atoms with E-state index in [0.29, 0.717) is 29.5 Å². The Morgan fingerprint density at radius 3 is 2.85 bits per heavy atom. The fraction of sp³-hybridized carbons (Fsp3) is 0.421. The number of aromatic amines is 1. The Morgan fingerprint density at radius 2 is 2.15 bits per heavy atom. The molecule has 1 unspecified atom stereocenters. The van der Waals surface area contributed by atoms with Crippen molar-refractivity contribution in [2.75, 3.05) is 25.0 Å². The van der Waals surface area contributed by atoms with Crippen molar-refractivity contribution in [3.63, 3.8) is 0 Å². The van der Waals surface area contributed by atoms with Gasteiger partial charge in [-0.25, -0.2) is 15.0 Å². The molecule has 0 saturated carbocycles. The third-order valence-corrected chi connectivity index (χ3v) is 5.46. The molecule has 0 amide bonds. The lowest BCUT2D eigenvalue weighted by Gasteiger charge is -2.32. The molecular weight excluding hydrogens is 364 g/mol. The van der Waals surface area contributed by atoms with Gasteiger partial charge in [-0.05, 0) is 32.4 Å². The SMILES string of the molecule is CCOc1c(C(C)Nc2ncnc3[nH]cnc23)cc(Cl)c(C)c1C1CNC1. The normalized spacial score (nSPS) is 15.6. The predicted octanol–water partition coefficient (Wildman–Crippen LogP) is 3.57. The molecule has 0 aliphatic carbocycles.